The van der Waals surface area contributed by atoms with E-state index in [1.807, 2.05) is 11.8 Å². The summed E-state index contributed by atoms with van der Waals surface area (Å²) in [5, 5.41) is 0. The average molecular weight is 309 g/mol. The highest BCUT2D eigenvalue weighted by atomic mass is 32.2. The van der Waals surface area contributed by atoms with Crippen LogP contribution in [0.5, 0.6) is 0 Å². The molecule has 0 spiro atoms. The summed E-state index contributed by atoms with van der Waals surface area (Å²) >= 11 is 1.90. The molecule has 1 radical (unpaired) electrons. The molecule has 2 heterocycles. The minimum atomic E-state index is -0.465. The third-order valence-electron chi connectivity index (χ3n) is 3.68. The number of nitrogens with zero attached hydrogens (tertiary/aromatic N) is 2. The summed E-state index contributed by atoms with van der Waals surface area (Å²) in [6, 6.07) is 4.94. The Balaban J connectivity index is 1.81. The van der Waals surface area contributed by atoms with E-state index >= 15 is 0 Å². The van der Waals surface area contributed by atoms with Crippen molar-refractivity contribution in [2.75, 3.05) is 40.9 Å². The van der Waals surface area contributed by atoms with Crippen molar-refractivity contribution < 1.29 is 13.9 Å². The number of carbonyl (C=O) groups excluding carboxylic acids is 1. The van der Waals surface area contributed by atoms with Crippen molar-refractivity contribution in [2.45, 2.75) is 12.5 Å². The van der Waals surface area contributed by atoms with Crippen LogP contribution in [0, 0.1) is 12.7 Å². The second-order valence-electron chi connectivity index (χ2n) is 5.21. The second kappa shape index (κ2) is 6.13. The molecule has 0 aromatic heterocycles. The van der Waals surface area contributed by atoms with Gasteiger partial charge < -0.3 is 9.64 Å². The number of cyclic esters (lactones) is 1. The van der Waals surface area contributed by atoms with Gasteiger partial charge in [0.15, 0.2) is 0 Å². The minimum absolute atomic E-state index is 0.292. The summed E-state index contributed by atoms with van der Waals surface area (Å²) < 4.78 is 19.4. The molecule has 113 valence electrons. The van der Waals surface area contributed by atoms with E-state index in [4.69, 9.17) is 4.74 Å². The number of ether oxygens (including phenoxy) is 1. The van der Waals surface area contributed by atoms with Crippen LogP contribution in [0.3, 0.4) is 0 Å². The van der Waals surface area contributed by atoms with E-state index in [1.54, 1.807) is 12.1 Å². The van der Waals surface area contributed by atoms with Gasteiger partial charge in [0, 0.05) is 18.8 Å². The lowest BCUT2D eigenvalue weighted by molar-refractivity contribution is 0.159. The Hall–Kier alpha value is -1.43. The standard InChI is InChI=1S/C15H18FN2O2S/c1-11-10-18(15(19)20-11)12-3-4-14(13(16)9-12)17-5-2-7-21-8-6-17/h3-4,9,11H,1-2,5-8,10H2/t11-/m1/s1. The largest absolute Gasteiger partial charge is 0.444 e. The van der Waals surface area contributed by atoms with Gasteiger partial charge in [-0.05, 0) is 37.3 Å². The van der Waals surface area contributed by atoms with Crippen LogP contribution in [0.4, 0.5) is 20.6 Å². The van der Waals surface area contributed by atoms with E-state index in [-0.39, 0.29) is 5.82 Å². The third kappa shape index (κ3) is 3.10. The van der Waals surface area contributed by atoms with Crippen LogP contribution in [0.25, 0.3) is 0 Å². The molecule has 21 heavy (non-hydrogen) atoms. The summed E-state index contributed by atoms with van der Waals surface area (Å²) in [4.78, 5) is 15.2. The predicted octanol–water partition coefficient (Wildman–Crippen LogP) is 2.93. The van der Waals surface area contributed by atoms with Crippen molar-refractivity contribution in [3.8, 4) is 0 Å². The van der Waals surface area contributed by atoms with Crippen molar-refractivity contribution in [1.29, 1.82) is 0 Å². The molecule has 4 nitrogen and oxygen atoms in total. The van der Waals surface area contributed by atoms with Crippen LogP contribution >= 0.6 is 11.8 Å². The van der Waals surface area contributed by atoms with Gasteiger partial charge in [0.1, 0.15) is 11.9 Å². The Kier molecular flexibility index (Phi) is 4.24. The van der Waals surface area contributed by atoms with E-state index in [0.29, 0.717) is 17.9 Å². The topological polar surface area (TPSA) is 32.8 Å². The molecular weight excluding hydrogens is 291 g/mol. The van der Waals surface area contributed by atoms with Crippen LogP contribution in [-0.2, 0) is 4.74 Å². The van der Waals surface area contributed by atoms with Crippen molar-refractivity contribution in [1.82, 2.24) is 0 Å². The normalized spacial score (nSPS) is 23.1. The van der Waals surface area contributed by atoms with Gasteiger partial charge in [0.2, 0.25) is 0 Å². The maximum atomic E-state index is 14.4. The number of amides is 1. The molecule has 1 amide bonds. The van der Waals surface area contributed by atoms with E-state index in [9.17, 15) is 9.18 Å². The number of hydrogen-bond donors (Lipinski definition) is 0. The number of thioether (sulfide) groups is 1. The first-order valence-electron chi connectivity index (χ1n) is 7.08. The molecule has 1 atom stereocenters. The van der Waals surface area contributed by atoms with Gasteiger partial charge in [0.25, 0.3) is 0 Å². The Morgan fingerprint density at radius 3 is 2.90 bits per heavy atom. The summed E-state index contributed by atoms with van der Waals surface area (Å²) in [5.74, 6) is 1.85. The molecule has 0 aliphatic carbocycles. The molecule has 0 unspecified atom stereocenters. The van der Waals surface area contributed by atoms with Gasteiger partial charge in [-0.1, -0.05) is 0 Å². The Morgan fingerprint density at radius 2 is 2.19 bits per heavy atom. The van der Waals surface area contributed by atoms with E-state index in [0.717, 1.165) is 31.0 Å². The summed E-state index contributed by atoms with van der Waals surface area (Å²) in [5.41, 5.74) is 1.14. The lowest BCUT2D eigenvalue weighted by Crippen LogP contribution is -2.27. The first-order chi connectivity index (χ1) is 10.1. The van der Waals surface area contributed by atoms with E-state index < -0.39 is 12.2 Å². The first-order valence-corrected chi connectivity index (χ1v) is 8.24. The predicted molar refractivity (Wildman–Crippen MR) is 83.5 cm³/mol. The number of benzene rings is 1. The van der Waals surface area contributed by atoms with E-state index in [2.05, 4.69) is 11.8 Å². The number of anilines is 2. The Morgan fingerprint density at radius 1 is 1.33 bits per heavy atom. The van der Waals surface area contributed by atoms with Crippen molar-refractivity contribution in [2.24, 2.45) is 0 Å². The fourth-order valence-electron chi connectivity index (χ4n) is 2.64. The lowest BCUT2D eigenvalue weighted by atomic mass is 10.2. The molecular formula is C15H18FN2O2S. The van der Waals surface area contributed by atoms with Crippen LogP contribution in [-0.4, -0.2) is 43.3 Å². The molecule has 0 N–H and O–H groups in total. The number of halogens is 1. The molecule has 2 fully saturated rings. The summed E-state index contributed by atoms with van der Waals surface area (Å²) in [6.07, 6.45) is 0.198. The van der Waals surface area contributed by atoms with Gasteiger partial charge in [0.05, 0.1) is 17.9 Å². The number of rotatable bonds is 2. The van der Waals surface area contributed by atoms with E-state index in [1.165, 1.54) is 11.0 Å². The monoisotopic (exact) mass is 309 g/mol. The maximum absolute atomic E-state index is 14.4. The van der Waals surface area contributed by atoms with Gasteiger partial charge in [-0.25, -0.2) is 9.18 Å². The zero-order chi connectivity index (χ0) is 14.8. The van der Waals surface area contributed by atoms with Crippen molar-refractivity contribution in [3.05, 3.63) is 30.9 Å². The molecule has 2 saturated heterocycles. The molecule has 6 heteroatoms. The van der Waals surface area contributed by atoms with Crippen molar-refractivity contribution >= 4 is 29.2 Å². The minimum Gasteiger partial charge on any atom is -0.444 e. The van der Waals surface area contributed by atoms with Crippen LogP contribution in [0.2, 0.25) is 0 Å². The van der Waals surface area contributed by atoms with Gasteiger partial charge >= 0.3 is 6.09 Å². The van der Waals surface area contributed by atoms with Crippen LogP contribution < -0.4 is 9.80 Å². The highest BCUT2D eigenvalue weighted by molar-refractivity contribution is 7.99. The zero-order valence-corrected chi connectivity index (χ0v) is 12.6. The molecule has 2 aliphatic heterocycles. The van der Waals surface area contributed by atoms with Gasteiger partial charge in [-0.3, -0.25) is 4.90 Å². The maximum Gasteiger partial charge on any atom is 0.414 e. The average Bonchev–Trinajstić information content (AvgIpc) is 2.67. The Labute approximate surface area is 128 Å². The molecule has 1 aromatic rings. The molecule has 0 bridgehead atoms. The zero-order valence-electron chi connectivity index (χ0n) is 11.8. The Bertz CT molecular complexity index is 532. The highest BCUT2D eigenvalue weighted by Crippen LogP contribution is 2.28. The summed E-state index contributed by atoms with van der Waals surface area (Å²) in [6.45, 7) is 5.78. The lowest BCUT2D eigenvalue weighted by Gasteiger charge is -2.24. The smallest absolute Gasteiger partial charge is 0.414 e. The fraction of sp³-hybridized carbons (Fsp3) is 0.467. The first kappa shape index (κ1) is 14.5. The fourth-order valence-corrected chi connectivity index (χ4v) is 3.53. The molecule has 0 saturated carbocycles. The third-order valence-corrected chi connectivity index (χ3v) is 4.73. The molecule has 1 aromatic carbocycles. The number of hydrogen-bond acceptors (Lipinski definition) is 4. The van der Waals surface area contributed by atoms with Gasteiger partial charge in [-0.15, -0.1) is 0 Å². The molecule has 3 rings (SSSR count). The SMILES string of the molecule is [CH2][C@@H]1CN(c2ccc(N3CCCSCC3)c(F)c2)C(=O)O1. The quantitative estimate of drug-likeness (QED) is 0.841. The summed E-state index contributed by atoms with van der Waals surface area (Å²) in [7, 11) is 0. The highest BCUT2D eigenvalue weighted by Gasteiger charge is 2.30. The van der Waals surface area contributed by atoms with Crippen LogP contribution in [0.1, 0.15) is 6.42 Å². The van der Waals surface area contributed by atoms with Crippen LogP contribution in [0.15, 0.2) is 18.2 Å². The molecule has 2 aliphatic rings. The van der Waals surface area contributed by atoms with Crippen molar-refractivity contribution in [3.63, 3.8) is 0 Å². The second-order valence-corrected chi connectivity index (χ2v) is 6.43. The number of carbonyl (C=O) groups is 1. The van der Waals surface area contributed by atoms with Gasteiger partial charge in [-0.2, -0.15) is 11.8 Å².